The van der Waals surface area contributed by atoms with Crippen molar-refractivity contribution in [1.29, 1.82) is 0 Å². The molecule has 0 aliphatic heterocycles. The normalized spacial score (nSPS) is 12.6. The van der Waals surface area contributed by atoms with Crippen LogP contribution >= 0.6 is 0 Å². The Bertz CT molecular complexity index is 558. The highest BCUT2D eigenvalue weighted by Crippen LogP contribution is 2.21. The van der Waals surface area contributed by atoms with Crippen molar-refractivity contribution in [2.24, 2.45) is 0 Å². The van der Waals surface area contributed by atoms with Gasteiger partial charge in [-0.3, -0.25) is 10.1 Å². The number of rotatable bonds is 6. The van der Waals surface area contributed by atoms with Crippen molar-refractivity contribution in [3.63, 3.8) is 0 Å². The molecule has 0 saturated heterocycles. The van der Waals surface area contributed by atoms with Gasteiger partial charge in [-0.05, 0) is 46.2 Å². The van der Waals surface area contributed by atoms with Crippen LogP contribution in [0.5, 0.6) is 0 Å². The second-order valence-electron chi connectivity index (χ2n) is 5.93. The zero-order valence-corrected chi connectivity index (χ0v) is 13.6. The van der Waals surface area contributed by atoms with E-state index in [0.717, 1.165) is 0 Å². The maximum Gasteiger partial charge on any atom is 0.319 e. The Hall–Kier alpha value is -2.15. The number of amides is 2. The van der Waals surface area contributed by atoms with E-state index in [1.807, 2.05) is 20.8 Å². The molecule has 0 aliphatic rings. The summed E-state index contributed by atoms with van der Waals surface area (Å²) in [5.74, 6) is 0. The lowest BCUT2D eigenvalue weighted by atomic mass is 10.00. The third-order valence-corrected chi connectivity index (χ3v) is 3.38. The predicted octanol–water partition coefficient (Wildman–Crippen LogP) is 3.23. The second kappa shape index (κ2) is 7.22. The minimum atomic E-state index is -0.450. The summed E-state index contributed by atoms with van der Waals surface area (Å²) < 4.78 is 5.32. The molecule has 0 radical (unpaired) electrons. The number of ether oxygens (including phenoxy) is 1. The quantitative estimate of drug-likeness (QED) is 0.623. The van der Waals surface area contributed by atoms with Crippen LogP contribution in [0.15, 0.2) is 18.2 Å². The molecule has 1 rings (SSSR count). The van der Waals surface area contributed by atoms with Crippen molar-refractivity contribution in [2.45, 2.75) is 45.8 Å². The molecule has 7 nitrogen and oxygen atoms in total. The first kappa shape index (κ1) is 17.9. The van der Waals surface area contributed by atoms with Crippen molar-refractivity contribution in [3.05, 3.63) is 33.9 Å². The Morgan fingerprint density at radius 2 is 2.09 bits per heavy atom. The molecule has 0 heterocycles. The van der Waals surface area contributed by atoms with Crippen LogP contribution in [0.25, 0.3) is 0 Å². The molecule has 2 N–H and O–H groups in total. The van der Waals surface area contributed by atoms with E-state index in [2.05, 4.69) is 10.6 Å². The highest BCUT2D eigenvalue weighted by Gasteiger charge is 2.21. The van der Waals surface area contributed by atoms with Crippen LogP contribution in [-0.4, -0.2) is 29.7 Å². The number of nitrogens with zero attached hydrogens (tertiary/aromatic N) is 1. The third kappa shape index (κ3) is 5.33. The topological polar surface area (TPSA) is 93.5 Å². The molecule has 7 heteroatoms. The fourth-order valence-corrected chi connectivity index (χ4v) is 2.20. The van der Waals surface area contributed by atoms with Gasteiger partial charge in [0.15, 0.2) is 0 Å². The smallest absolute Gasteiger partial charge is 0.319 e. The zero-order valence-electron chi connectivity index (χ0n) is 13.6. The molecule has 0 fully saturated rings. The van der Waals surface area contributed by atoms with Crippen molar-refractivity contribution in [1.82, 2.24) is 5.32 Å². The number of nitro benzene ring substituents is 1. The van der Waals surface area contributed by atoms with Gasteiger partial charge in [0.2, 0.25) is 0 Å². The van der Waals surface area contributed by atoms with Gasteiger partial charge in [0.05, 0.1) is 10.5 Å². The second-order valence-corrected chi connectivity index (χ2v) is 5.93. The molecule has 122 valence electrons. The fraction of sp³-hybridized carbons (Fsp3) is 0.533. The summed E-state index contributed by atoms with van der Waals surface area (Å²) >= 11 is 0. The lowest BCUT2D eigenvalue weighted by molar-refractivity contribution is -0.385. The van der Waals surface area contributed by atoms with Crippen molar-refractivity contribution in [2.75, 3.05) is 12.4 Å². The van der Waals surface area contributed by atoms with Gasteiger partial charge in [-0.1, -0.05) is 0 Å². The van der Waals surface area contributed by atoms with E-state index in [1.54, 1.807) is 20.1 Å². The fourth-order valence-electron chi connectivity index (χ4n) is 2.20. The summed E-state index contributed by atoms with van der Waals surface area (Å²) in [5.41, 5.74) is 0.716. The van der Waals surface area contributed by atoms with Gasteiger partial charge in [0.1, 0.15) is 0 Å². The molecular weight excluding hydrogens is 286 g/mol. The summed E-state index contributed by atoms with van der Waals surface area (Å²) in [6, 6.07) is 4.03. The molecule has 22 heavy (non-hydrogen) atoms. The lowest BCUT2D eigenvalue weighted by Gasteiger charge is -2.27. The lowest BCUT2D eigenvalue weighted by Crippen LogP contribution is -2.40. The van der Waals surface area contributed by atoms with Gasteiger partial charge in [0.25, 0.3) is 5.69 Å². The summed E-state index contributed by atoms with van der Waals surface area (Å²) in [7, 11) is 1.63. The van der Waals surface area contributed by atoms with Gasteiger partial charge in [-0.25, -0.2) is 4.79 Å². The van der Waals surface area contributed by atoms with Crippen LogP contribution in [0.3, 0.4) is 0 Å². The number of carbonyl (C=O) groups excluding carboxylic acids is 1. The van der Waals surface area contributed by atoms with Crippen molar-refractivity contribution in [3.8, 4) is 0 Å². The number of nitrogens with one attached hydrogen (secondary N) is 2. The maximum atomic E-state index is 11.9. The average Bonchev–Trinajstić information content (AvgIpc) is 2.37. The Morgan fingerprint density at radius 1 is 1.45 bits per heavy atom. The first-order valence-corrected chi connectivity index (χ1v) is 7.02. The maximum absolute atomic E-state index is 11.9. The summed E-state index contributed by atoms with van der Waals surface area (Å²) in [6.07, 6.45) is 0.663. The van der Waals surface area contributed by atoms with E-state index < -0.39 is 4.92 Å². The molecule has 0 saturated carbocycles. The minimum Gasteiger partial charge on any atom is -0.379 e. The van der Waals surface area contributed by atoms with Crippen molar-refractivity contribution >= 4 is 17.4 Å². The largest absolute Gasteiger partial charge is 0.379 e. The van der Waals surface area contributed by atoms with Gasteiger partial charge in [-0.15, -0.1) is 0 Å². The summed E-state index contributed by atoms with van der Waals surface area (Å²) in [5, 5.41) is 16.2. The highest BCUT2D eigenvalue weighted by molar-refractivity contribution is 5.89. The number of carbonyl (C=O) groups is 1. The number of aryl methyl sites for hydroxylation is 1. The highest BCUT2D eigenvalue weighted by atomic mass is 16.6. The van der Waals surface area contributed by atoms with Gasteiger partial charge in [0, 0.05) is 30.5 Å². The number of anilines is 1. The molecule has 2 amide bonds. The number of nitro groups is 1. The Kier molecular flexibility index (Phi) is 5.87. The molecule has 0 aromatic heterocycles. The molecule has 0 bridgehead atoms. The summed E-state index contributed by atoms with van der Waals surface area (Å²) in [6.45, 7) is 7.41. The van der Waals surface area contributed by atoms with E-state index in [1.165, 1.54) is 12.1 Å². The molecule has 1 aromatic rings. The number of benzene rings is 1. The first-order valence-electron chi connectivity index (χ1n) is 7.02. The average molecular weight is 309 g/mol. The van der Waals surface area contributed by atoms with Gasteiger partial charge >= 0.3 is 6.03 Å². The van der Waals surface area contributed by atoms with E-state index in [-0.39, 0.29) is 23.4 Å². The van der Waals surface area contributed by atoms with Crippen molar-refractivity contribution < 1.29 is 14.5 Å². The van der Waals surface area contributed by atoms with Crippen LogP contribution in [0, 0.1) is 17.0 Å². The van der Waals surface area contributed by atoms with Gasteiger partial charge < -0.3 is 15.4 Å². The molecule has 0 spiro atoms. The molecule has 0 unspecified atom stereocenters. The molecule has 0 aliphatic carbocycles. The van der Waals surface area contributed by atoms with E-state index in [4.69, 9.17) is 4.74 Å². The minimum absolute atomic E-state index is 0.0289. The molecule has 1 aromatic carbocycles. The van der Waals surface area contributed by atoms with Crippen LogP contribution in [0.4, 0.5) is 16.2 Å². The van der Waals surface area contributed by atoms with E-state index in [0.29, 0.717) is 17.7 Å². The van der Waals surface area contributed by atoms with Crippen LogP contribution in [0.2, 0.25) is 0 Å². The zero-order chi connectivity index (χ0) is 16.9. The first-order chi connectivity index (χ1) is 10.1. The Balaban J connectivity index is 2.62. The number of hydrogen-bond acceptors (Lipinski definition) is 4. The van der Waals surface area contributed by atoms with E-state index in [9.17, 15) is 14.9 Å². The van der Waals surface area contributed by atoms with Gasteiger partial charge in [-0.2, -0.15) is 0 Å². The standard InChI is InChI=1S/C15H23N3O4/c1-10-8-12(6-7-13(10)18(20)21)17-14(19)16-11(2)9-15(3,4)22-5/h6-8,11H,9H2,1-5H3,(H2,16,17,19)/t11-/m1/s1. The third-order valence-electron chi connectivity index (χ3n) is 3.38. The van der Waals surface area contributed by atoms with Crippen LogP contribution in [0.1, 0.15) is 32.8 Å². The molecule has 1 atom stereocenters. The number of methoxy groups -OCH3 is 1. The number of urea groups is 1. The summed E-state index contributed by atoms with van der Waals surface area (Å²) in [4.78, 5) is 22.2. The van der Waals surface area contributed by atoms with E-state index >= 15 is 0 Å². The number of hydrogen-bond donors (Lipinski definition) is 2. The Morgan fingerprint density at radius 3 is 2.59 bits per heavy atom. The van der Waals surface area contributed by atoms with Crippen LogP contribution in [-0.2, 0) is 4.74 Å². The molecular formula is C15H23N3O4. The Labute approximate surface area is 130 Å². The monoisotopic (exact) mass is 309 g/mol. The predicted molar refractivity (Wildman–Crippen MR) is 85.2 cm³/mol. The van der Waals surface area contributed by atoms with Crippen LogP contribution < -0.4 is 10.6 Å². The SMILES string of the molecule is COC(C)(C)C[C@@H](C)NC(=O)Nc1ccc([N+](=O)[O-])c(C)c1.